The number of nitrogens with two attached hydrogens (primary N) is 1. The van der Waals surface area contributed by atoms with Crippen molar-refractivity contribution < 1.29 is 0 Å². The van der Waals surface area contributed by atoms with Crippen LogP contribution in [0.3, 0.4) is 0 Å². The fourth-order valence-corrected chi connectivity index (χ4v) is 2.77. The maximum Gasteiger partial charge on any atom is 0.124 e. The highest BCUT2D eigenvalue weighted by molar-refractivity contribution is 7.13. The quantitative estimate of drug-likeness (QED) is 0.693. The maximum atomic E-state index is 5.93. The molecule has 4 heteroatoms. The van der Waals surface area contributed by atoms with E-state index in [0.29, 0.717) is 10.7 Å². The van der Waals surface area contributed by atoms with Gasteiger partial charge >= 0.3 is 0 Å². The van der Waals surface area contributed by atoms with Gasteiger partial charge < -0.3 is 5.73 Å². The molecule has 0 aliphatic heterocycles. The van der Waals surface area contributed by atoms with Gasteiger partial charge in [0.05, 0.1) is 16.4 Å². The minimum Gasteiger partial charge on any atom is -0.398 e. The summed E-state index contributed by atoms with van der Waals surface area (Å²) in [4.78, 5) is 4.64. The van der Waals surface area contributed by atoms with Crippen LogP contribution in [0.15, 0.2) is 53.9 Å². The molecule has 0 spiro atoms. The monoisotopic (exact) mass is 286 g/mol. The molecule has 1 aromatic heterocycles. The van der Waals surface area contributed by atoms with Crippen molar-refractivity contribution in [1.29, 1.82) is 0 Å². The van der Waals surface area contributed by atoms with Gasteiger partial charge in [0.1, 0.15) is 5.01 Å². The van der Waals surface area contributed by atoms with Gasteiger partial charge in [-0.3, -0.25) is 0 Å². The van der Waals surface area contributed by atoms with Crippen LogP contribution in [0, 0.1) is 0 Å². The maximum absolute atomic E-state index is 5.93. The topological polar surface area (TPSA) is 38.9 Å². The van der Waals surface area contributed by atoms with Gasteiger partial charge in [0.2, 0.25) is 0 Å². The first-order valence-electron chi connectivity index (χ1n) is 5.80. The minimum atomic E-state index is 0.573. The summed E-state index contributed by atoms with van der Waals surface area (Å²) >= 11 is 7.53. The second kappa shape index (κ2) is 5.03. The molecule has 2 N–H and O–H groups in total. The summed E-state index contributed by atoms with van der Waals surface area (Å²) in [5.74, 6) is 0. The molecule has 0 bridgehead atoms. The SMILES string of the molecule is Nc1cc(-c2nc(-c3ccccc3)cs2)ccc1Cl. The van der Waals surface area contributed by atoms with Gasteiger partial charge in [0.25, 0.3) is 0 Å². The Hall–Kier alpha value is -1.84. The van der Waals surface area contributed by atoms with E-state index in [0.717, 1.165) is 21.8 Å². The second-order valence-corrected chi connectivity index (χ2v) is 5.41. The predicted octanol–water partition coefficient (Wildman–Crippen LogP) is 4.71. The fourth-order valence-electron chi connectivity index (χ4n) is 1.82. The molecule has 0 fully saturated rings. The summed E-state index contributed by atoms with van der Waals surface area (Å²) < 4.78 is 0. The first-order valence-corrected chi connectivity index (χ1v) is 7.06. The van der Waals surface area contributed by atoms with E-state index in [2.05, 4.69) is 22.5 Å². The Morgan fingerprint density at radius 2 is 1.79 bits per heavy atom. The lowest BCUT2D eigenvalue weighted by molar-refractivity contribution is 1.40. The molecule has 3 aromatic rings. The van der Waals surface area contributed by atoms with Gasteiger partial charge in [0, 0.05) is 16.5 Å². The number of nitrogen functional groups attached to an aromatic ring is 1. The van der Waals surface area contributed by atoms with Gasteiger partial charge in [-0.25, -0.2) is 4.98 Å². The molecule has 0 amide bonds. The lowest BCUT2D eigenvalue weighted by Crippen LogP contribution is -1.87. The van der Waals surface area contributed by atoms with Crippen LogP contribution in [-0.4, -0.2) is 4.98 Å². The zero-order valence-corrected chi connectivity index (χ0v) is 11.6. The average molecular weight is 287 g/mol. The molecule has 19 heavy (non-hydrogen) atoms. The molecular weight excluding hydrogens is 276 g/mol. The van der Waals surface area contributed by atoms with Crippen LogP contribution in [-0.2, 0) is 0 Å². The third kappa shape index (κ3) is 2.48. The van der Waals surface area contributed by atoms with E-state index in [1.807, 2.05) is 30.3 Å². The van der Waals surface area contributed by atoms with Crippen LogP contribution < -0.4 is 5.73 Å². The number of hydrogen-bond donors (Lipinski definition) is 1. The molecule has 0 atom stereocenters. The van der Waals surface area contributed by atoms with Crippen molar-refractivity contribution in [3.63, 3.8) is 0 Å². The summed E-state index contributed by atoms with van der Waals surface area (Å²) in [6.45, 7) is 0. The lowest BCUT2D eigenvalue weighted by atomic mass is 10.2. The van der Waals surface area contributed by atoms with Crippen molar-refractivity contribution in [3.05, 3.63) is 58.9 Å². The molecule has 0 unspecified atom stereocenters. The number of hydrogen-bond acceptors (Lipinski definition) is 3. The Kier molecular flexibility index (Phi) is 3.23. The van der Waals surface area contributed by atoms with Crippen LogP contribution in [0.5, 0.6) is 0 Å². The van der Waals surface area contributed by atoms with E-state index in [1.165, 1.54) is 0 Å². The van der Waals surface area contributed by atoms with E-state index in [9.17, 15) is 0 Å². The zero-order valence-electron chi connectivity index (χ0n) is 10.0. The van der Waals surface area contributed by atoms with Gasteiger partial charge in [-0.15, -0.1) is 11.3 Å². The van der Waals surface area contributed by atoms with Gasteiger partial charge in [0.15, 0.2) is 0 Å². The predicted molar refractivity (Wildman–Crippen MR) is 82.4 cm³/mol. The molecule has 0 aliphatic carbocycles. The van der Waals surface area contributed by atoms with E-state index < -0.39 is 0 Å². The van der Waals surface area contributed by atoms with Crippen molar-refractivity contribution in [1.82, 2.24) is 4.98 Å². The van der Waals surface area contributed by atoms with Gasteiger partial charge in [-0.05, 0) is 12.1 Å². The largest absolute Gasteiger partial charge is 0.398 e. The van der Waals surface area contributed by atoms with Crippen LogP contribution >= 0.6 is 22.9 Å². The molecule has 0 saturated heterocycles. The summed E-state index contributed by atoms with van der Waals surface area (Å²) in [5.41, 5.74) is 9.49. The lowest BCUT2D eigenvalue weighted by Gasteiger charge is -2.00. The molecule has 2 aromatic carbocycles. The number of rotatable bonds is 2. The third-order valence-corrected chi connectivity index (χ3v) is 4.05. The van der Waals surface area contributed by atoms with Crippen molar-refractivity contribution in [2.75, 3.05) is 5.73 Å². The molecule has 0 aliphatic rings. The Morgan fingerprint density at radius 1 is 1.00 bits per heavy atom. The summed E-state index contributed by atoms with van der Waals surface area (Å²) in [5, 5.41) is 3.57. The molecule has 0 saturated carbocycles. The van der Waals surface area contributed by atoms with Crippen LogP contribution in [0.4, 0.5) is 5.69 Å². The highest BCUT2D eigenvalue weighted by atomic mass is 35.5. The van der Waals surface area contributed by atoms with Crippen LogP contribution in [0.25, 0.3) is 21.8 Å². The second-order valence-electron chi connectivity index (χ2n) is 4.14. The van der Waals surface area contributed by atoms with Crippen molar-refractivity contribution in [2.45, 2.75) is 0 Å². The van der Waals surface area contributed by atoms with Crippen LogP contribution in [0.2, 0.25) is 5.02 Å². The normalized spacial score (nSPS) is 10.6. The number of aromatic nitrogens is 1. The molecular formula is C15H11ClN2S. The Bertz CT molecular complexity index is 707. The molecule has 2 nitrogen and oxygen atoms in total. The average Bonchev–Trinajstić information content (AvgIpc) is 2.93. The standard InChI is InChI=1S/C15H11ClN2S/c16-12-7-6-11(8-13(12)17)15-18-14(9-19-15)10-4-2-1-3-5-10/h1-9H,17H2. The van der Waals surface area contributed by atoms with Crippen molar-refractivity contribution >= 4 is 28.6 Å². The molecule has 1 heterocycles. The Morgan fingerprint density at radius 3 is 2.53 bits per heavy atom. The summed E-state index contributed by atoms with van der Waals surface area (Å²) in [7, 11) is 0. The summed E-state index contributed by atoms with van der Waals surface area (Å²) in [6, 6.07) is 15.7. The zero-order chi connectivity index (χ0) is 13.2. The Labute approximate surface area is 120 Å². The number of benzene rings is 2. The van der Waals surface area contributed by atoms with Gasteiger partial charge in [-0.1, -0.05) is 48.0 Å². The number of halogens is 1. The highest BCUT2D eigenvalue weighted by Crippen LogP contribution is 2.31. The number of thiazole rings is 1. The fraction of sp³-hybridized carbons (Fsp3) is 0. The molecule has 0 radical (unpaired) electrons. The van der Waals surface area contributed by atoms with E-state index in [-0.39, 0.29) is 0 Å². The third-order valence-electron chi connectivity index (χ3n) is 2.82. The first-order chi connectivity index (χ1) is 9.24. The summed E-state index contributed by atoms with van der Waals surface area (Å²) in [6.07, 6.45) is 0. The molecule has 3 rings (SSSR count). The Balaban J connectivity index is 1.99. The molecule has 94 valence electrons. The first kappa shape index (κ1) is 12.2. The van der Waals surface area contributed by atoms with Crippen LogP contribution in [0.1, 0.15) is 0 Å². The van der Waals surface area contributed by atoms with Gasteiger partial charge in [-0.2, -0.15) is 0 Å². The smallest absolute Gasteiger partial charge is 0.124 e. The number of nitrogens with zero attached hydrogens (tertiary/aromatic N) is 1. The van der Waals surface area contributed by atoms with E-state index in [1.54, 1.807) is 17.4 Å². The van der Waals surface area contributed by atoms with Crippen molar-refractivity contribution in [2.24, 2.45) is 0 Å². The van der Waals surface area contributed by atoms with E-state index >= 15 is 0 Å². The van der Waals surface area contributed by atoms with E-state index in [4.69, 9.17) is 17.3 Å². The highest BCUT2D eigenvalue weighted by Gasteiger charge is 2.07. The number of anilines is 1. The van der Waals surface area contributed by atoms with Crippen molar-refractivity contribution in [3.8, 4) is 21.8 Å². The minimum absolute atomic E-state index is 0.573.